The van der Waals surface area contributed by atoms with Crippen molar-refractivity contribution in [3.05, 3.63) is 42.1 Å². The Labute approximate surface area is 94.2 Å². The number of nitrogens with zero attached hydrogens (tertiary/aromatic N) is 1. The second-order valence-corrected chi connectivity index (χ2v) is 2.54. The number of fused-ring (bicyclic) bond motifs is 1. The number of rotatable bonds is 1. The van der Waals surface area contributed by atoms with Crippen LogP contribution in [0.3, 0.4) is 0 Å². The van der Waals surface area contributed by atoms with E-state index in [0.29, 0.717) is 5.56 Å². The second-order valence-electron chi connectivity index (χ2n) is 2.54. The maximum Gasteiger partial charge on any atom is 0.150 e. The molecule has 2 rings (SSSR count). The summed E-state index contributed by atoms with van der Waals surface area (Å²) in [6, 6.07) is 9.31. The van der Waals surface area contributed by atoms with Crippen LogP contribution in [0.5, 0.6) is 0 Å². The van der Waals surface area contributed by atoms with Gasteiger partial charge in [-0.3, -0.25) is 9.78 Å². The molecule has 0 saturated heterocycles. The molecular formula is C10H9Cl2NO. The normalized spacial score (nSPS) is 8.57. The van der Waals surface area contributed by atoms with Gasteiger partial charge in [-0.2, -0.15) is 0 Å². The lowest BCUT2D eigenvalue weighted by Crippen LogP contribution is -1.84. The van der Waals surface area contributed by atoms with Gasteiger partial charge in [-0.15, -0.1) is 24.8 Å². The van der Waals surface area contributed by atoms with Gasteiger partial charge >= 0.3 is 0 Å². The number of hydrogen-bond acceptors (Lipinski definition) is 2. The van der Waals surface area contributed by atoms with Gasteiger partial charge in [0.25, 0.3) is 0 Å². The van der Waals surface area contributed by atoms with Crippen molar-refractivity contribution < 1.29 is 4.79 Å². The highest BCUT2D eigenvalue weighted by molar-refractivity contribution is 5.95. The summed E-state index contributed by atoms with van der Waals surface area (Å²) in [5.74, 6) is 0. The first kappa shape index (κ1) is 12.9. The number of pyridine rings is 1. The van der Waals surface area contributed by atoms with Crippen LogP contribution in [0.2, 0.25) is 0 Å². The standard InChI is InChI=1S/C10H7NO.2ClH/c12-7-8-5-6-11-10-4-2-1-3-9(8)10;;/h1-7H;2*1H. The average Bonchev–Trinajstić information content (AvgIpc) is 2.17. The van der Waals surface area contributed by atoms with E-state index in [9.17, 15) is 4.79 Å². The molecule has 0 unspecified atom stereocenters. The monoisotopic (exact) mass is 229 g/mol. The summed E-state index contributed by atoms with van der Waals surface area (Å²) < 4.78 is 0. The van der Waals surface area contributed by atoms with Crippen molar-refractivity contribution in [2.45, 2.75) is 0 Å². The molecule has 4 heteroatoms. The molecule has 2 aromatic rings. The summed E-state index contributed by atoms with van der Waals surface area (Å²) in [7, 11) is 0. The van der Waals surface area contributed by atoms with Crippen LogP contribution in [0.15, 0.2) is 36.5 Å². The number of carbonyl (C=O) groups is 1. The molecule has 1 aromatic heterocycles. The van der Waals surface area contributed by atoms with Crippen LogP contribution < -0.4 is 0 Å². The topological polar surface area (TPSA) is 30.0 Å². The van der Waals surface area contributed by atoms with Gasteiger partial charge < -0.3 is 0 Å². The third-order valence-corrected chi connectivity index (χ3v) is 1.81. The summed E-state index contributed by atoms with van der Waals surface area (Å²) in [5.41, 5.74) is 1.56. The largest absolute Gasteiger partial charge is 0.298 e. The highest BCUT2D eigenvalue weighted by atomic mass is 35.5. The molecule has 1 heterocycles. The Hall–Kier alpha value is -1.12. The van der Waals surface area contributed by atoms with E-state index in [0.717, 1.165) is 17.2 Å². The molecular weight excluding hydrogens is 221 g/mol. The maximum atomic E-state index is 10.6. The molecule has 0 aliphatic rings. The molecule has 74 valence electrons. The van der Waals surface area contributed by atoms with Crippen LogP contribution in [0.4, 0.5) is 0 Å². The quantitative estimate of drug-likeness (QED) is 0.705. The van der Waals surface area contributed by atoms with E-state index < -0.39 is 0 Å². The Morgan fingerprint density at radius 3 is 2.50 bits per heavy atom. The fourth-order valence-electron chi connectivity index (χ4n) is 1.22. The van der Waals surface area contributed by atoms with Gasteiger partial charge in [-0.25, -0.2) is 0 Å². The predicted octanol–water partition coefficient (Wildman–Crippen LogP) is 2.89. The van der Waals surface area contributed by atoms with Crippen LogP contribution in [-0.4, -0.2) is 11.3 Å². The Bertz CT molecular complexity index is 426. The lowest BCUT2D eigenvalue weighted by Gasteiger charge is -1.97. The lowest BCUT2D eigenvalue weighted by molar-refractivity contribution is 0.112. The highest BCUT2D eigenvalue weighted by Crippen LogP contribution is 2.13. The Morgan fingerprint density at radius 2 is 1.79 bits per heavy atom. The number of hydrogen-bond donors (Lipinski definition) is 0. The van der Waals surface area contributed by atoms with Crippen molar-refractivity contribution in [2.24, 2.45) is 0 Å². The number of aromatic nitrogens is 1. The fourth-order valence-corrected chi connectivity index (χ4v) is 1.22. The minimum atomic E-state index is 0. The minimum Gasteiger partial charge on any atom is -0.298 e. The second kappa shape index (κ2) is 5.58. The van der Waals surface area contributed by atoms with Gasteiger partial charge in [-0.1, -0.05) is 18.2 Å². The maximum absolute atomic E-state index is 10.6. The number of para-hydroxylation sites is 1. The van der Waals surface area contributed by atoms with E-state index in [2.05, 4.69) is 4.98 Å². The molecule has 0 aliphatic heterocycles. The van der Waals surface area contributed by atoms with E-state index in [1.165, 1.54) is 0 Å². The predicted molar refractivity (Wildman–Crippen MR) is 61.6 cm³/mol. The number of halogens is 2. The van der Waals surface area contributed by atoms with E-state index in [1.807, 2.05) is 24.3 Å². The van der Waals surface area contributed by atoms with Gasteiger partial charge in [0, 0.05) is 17.1 Å². The van der Waals surface area contributed by atoms with Crippen molar-refractivity contribution >= 4 is 42.0 Å². The van der Waals surface area contributed by atoms with Crippen LogP contribution in [0.1, 0.15) is 10.4 Å². The molecule has 0 radical (unpaired) electrons. The van der Waals surface area contributed by atoms with Crippen LogP contribution in [-0.2, 0) is 0 Å². The van der Waals surface area contributed by atoms with Gasteiger partial charge in [0.05, 0.1) is 5.52 Å². The zero-order chi connectivity index (χ0) is 8.39. The van der Waals surface area contributed by atoms with Gasteiger partial charge in [0.15, 0.2) is 6.29 Å². The van der Waals surface area contributed by atoms with E-state index in [4.69, 9.17) is 0 Å². The van der Waals surface area contributed by atoms with Gasteiger partial charge in [0.1, 0.15) is 0 Å². The van der Waals surface area contributed by atoms with Gasteiger partial charge in [-0.05, 0) is 12.1 Å². The average molecular weight is 230 g/mol. The van der Waals surface area contributed by atoms with E-state index in [1.54, 1.807) is 12.3 Å². The molecule has 0 fully saturated rings. The SMILES string of the molecule is Cl.Cl.O=Cc1ccnc2ccccc12. The first-order valence-electron chi connectivity index (χ1n) is 3.71. The van der Waals surface area contributed by atoms with Crippen LogP contribution in [0, 0.1) is 0 Å². The Kier molecular flexibility index (Phi) is 5.13. The van der Waals surface area contributed by atoms with Crippen molar-refractivity contribution in [1.29, 1.82) is 0 Å². The minimum absolute atomic E-state index is 0. The molecule has 14 heavy (non-hydrogen) atoms. The van der Waals surface area contributed by atoms with Crippen molar-refractivity contribution in [2.75, 3.05) is 0 Å². The molecule has 2 nitrogen and oxygen atoms in total. The third-order valence-electron chi connectivity index (χ3n) is 1.81. The van der Waals surface area contributed by atoms with Crippen molar-refractivity contribution in [1.82, 2.24) is 4.98 Å². The molecule has 0 N–H and O–H groups in total. The summed E-state index contributed by atoms with van der Waals surface area (Å²) in [6.07, 6.45) is 2.50. The first-order valence-corrected chi connectivity index (χ1v) is 3.71. The summed E-state index contributed by atoms with van der Waals surface area (Å²) in [5, 5.41) is 0.912. The molecule has 0 saturated carbocycles. The molecule has 0 atom stereocenters. The van der Waals surface area contributed by atoms with Gasteiger partial charge in [0.2, 0.25) is 0 Å². The number of carbonyl (C=O) groups excluding carboxylic acids is 1. The van der Waals surface area contributed by atoms with Crippen molar-refractivity contribution in [3.63, 3.8) is 0 Å². The van der Waals surface area contributed by atoms with Crippen LogP contribution in [0.25, 0.3) is 10.9 Å². The third kappa shape index (κ3) is 2.22. The molecule has 0 spiro atoms. The zero-order valence-corrected chi connectivity index (χ0v) is 8.85. The first-order chi connectivity index (χ1) is 5.92. The summed E-state index contributed by atoms with van der Waals surface area (Å²) >= 11 is 0. The molecule has 0 bridgehead atoms. The number of benzene rings is 1. The summed E-state index contributed by atoms with van der Waals surface area (Å²) in [4.78, 5) is 14.7. The molecule has 1 aromatic carbocycles. The number of aldehydes is 1. The van der Waals surface area contributed by atoms with E-state index >= 15 is 0 Å². The van der Waals surface area contributed by atoms with Crippen molar-refractivity contribution in [3.8, 4) is 0 Å². The molecule has 0 aliphatic carbocycles. The van der Waals surface area contributed by atoms with E-state index in [-0.39, 0.29) is 24.8 Å². The highest BCUT2D eigenvalue weighted by Gasteiger charge is 1.97. The lowest BCUT2D eigenvalue weighted by atomic mass is 10.1. The fraction of sp³-hybridized carbons (Fsp3) is 0. The summed E-state index contributed by atoms with van der Waals surface area (Å²) in [6.45, 7) is 0. The Balaban J connectivity index is 0.000000845. The van der Waals surface area contributed by atoms with Crippen LogP contribution >= 0.6 is 24.8 Å². The Morgan fingerprint density at radius 1 is 1.07 bits per heavy atom. The smallest absolute Gasteiger partial charge is 0.150 e. The zero-order valence-electron chi connectivity index (χ0n) is 7.21. The molecule has 0 amide bonds.